The van der Waals surface area contributed by atoms with Gasteiger partial charge in [0.05, 0.1) is 23.4 Å². The molecule has 0 amide bonds. The Morgan fingerprint density at radius 2 is 1.88 bits per heavy atom. The normalized spacial score (nSPS) is 12.1. The van der Waals surface area contributed by atoms with Gasteiger partial charge in [-0.3, -0.25) is 0 Å². The lowest BCUT2D eigenvalue weighted by atomic mass is 10.1. The summed E-state index contributed by atoms with van der Waals surface area (Å²) in [6.07, 6.45) is -0.238. The van der Waals surface area contributed by atoms with E-state index >= 15 is 0 Å². The van der Waals surface area contributed by atoms with Gasteiger partial charge in [0, 0.05) is 12.7 Å². The second-order valence-corrected chi connectivity index (χ2v) is 5.72. The van der Waals surface area contributed by atoms with Crippen LogP contribution in [0.4, 0.5) is 5.95 Å². The smallest absolute Gasteiger partial charge is 0.335 e. The van der Waals surface area contributed by atoms with E-state index in [9.17, 15) is 4.79 Å². The van der Waals surface area contributed by atoms with Crippen molar-refractivity contribution in [2.45, 2.75) is 13.0 Å². The maximum atomic E-state index is 11.0. The number of rotatable bonds is 6. The Labute approximate surface area is 149 Å². The van der Waals surface area contributed by atoms with Gasteiger partial charge in [0.1, 0.15) is 6.10 Å². The molecule has 3 N–H and O–H groups in total. The van der Waals surface area contributed by atoms with E-state index in [0.29, 0.717) is 23.3 Å². The van der Waals surface area contributed by atoms with Gasteiger partial charge >= 0.3 is 5.97 Å². The second kappa shape index (κ2) is 7.32. The third-order valence-corrected chi connectivity index (χ3v) is 3.67. The molecule has 1 atom stereocenters. The van der Waals surface area contributed by atoms with E-state index in [-0.39, 0.29) is 23.5 Å². The predicted molar refractivity (Wildman–Crippen MR) is 96.1 cm³/mol. The lowest BCUT2D eigenvalue weighted by Gasteiger charge is -2.14. The number of hydrogen-bond donors (Lipinski definition) is 2. The summed E-state index contributed by atoms with van der Waals surface area (Å²) in [6, 6.07) is 10.0. The Bertz CT molecular complexity index is 944. The van der Waals surface area contributed by atoms with Gasteiger partial charge < -0.3 is 20.3 Å². The summed E-state index contributed by atoms with van der Waals surface area (Å²) in [5.74, 6) is -0.603. The molecular weight excluding hydrogens is 336 g/mol. The number of methoxy groups -OCH3 is 1. The zero-order valence-corrected chi connectivity index (χ0v) is 14.3. The minimum absolute atomic E-state index is 0.0949. The summed E-state index contributed by atoms with van der Waals surface area (Å²) in [5, 5.41) is 9.01. The average Bonchev–Trinajstić information content (AvgIpc) is 2.61. The van der Waals surface area contributed by atoms with Gasteiger partial charge in [-0.05, 0) is 31.2 Å². The molecule has 0 unspecified atom stereocenters. The summed E-state index contributed by atoms with van der Waals surface area (Å²) in [4.78, 5) is 23.9. The fourth-order valence-electron chi connectivity index (χ4n) is 2.49. The van der Waals surface area contributed by atoms with Crippen molar-refractivity contribution in [3.05, 3.63) is 42.0 Å². The summed E-state index contributed by atoms with van der Waals surface area (Å²) in [5.41, 5.74) is 8.41. The van der Waals surface area contributed by atoms with Gasteiger partial charge in [-0.15, -0.1) is 0 Å². The molecule has 8 nitrogen and oxygen atoms in total. The Hall–Kier alpha value is -3.26. The molecule has 26 heavy (non-hydrogen) atoms. The number of nitrogen functional groups attached to an aromatic ring is 1. The highest BCUT2D eigenvalue weighted by Crippen LogP contribution is 2.26. The minimum atomic E-state index is -0.977. The lowest BCUT2D eigenvalue weighted by molar-refractivity contribution is 0.0697. The number of carbonyl (C=O) groups is 1. The Kier molecular flexibility index (Phi) is 4.94. The zero-order valence-electron chi connectivity index (χ0n) is 14.3. The first-order valence-electron chi connectivity index (χ1n) is 7.91. The Balaban J connectivity index is 2.03. The van der Waals surface area contributed by atoms with E-state index in [1.54, 1.807) is 31.4 Å². The molecule has 3 aromatic rings. The number of nitrogens with zero attached hydrogens (tertiary/aromatic N) is 3. The van der Waals surface area contributed by atoms with Crippen molar-refractivity contribution in [3.8, 4) is 17.1 Å². The molecule has 3 rings (SSSR count). The Morgan fingerprint density at radius 1 is 1.15 bits per heavy atom. The number of carboxylic acids is 1. The predicted octanol–water partition coefficient (Wildman–Crippen LogP) is 2.39. The molecular formula is C18H18N4O4. The van der Waals surface area contributed by atoms with Gasteiger partial charge in [0.15, 0.2) is 5.52 Å². The molecule has 0 aliphatic rings. The SMILES string of the molecule is COC[C@H](C)Oc1nc(N)nc2ccc(-c3ccc(C(=O)O)cc3)nc12. The van der Waals surface area contributed by atoms with Crippen LogP contribution in [0.5, 0.6) is 5.88 Å². The zero-order chi connectivity index (χ0) is 18.7. The minimum Gasteiger partial charge on any atom is -0.478 e. The quantitative estimate of drug-likeness (QED) is 0.692. The molecule has 0 radical (unpaired) electrons. The van der Waals surface area contributed by atoms with Crippen LogP contribution in [-0.4, -0.2) is 45.8 Å². The van der Waals surface area contributed by atoms with Crippen molar-refractivity contribution >= 4 is 23.0 Å². The number of hydrogen-bond acceptors (Lipinski definition) is 7. The van der Waals surface area contributed by atoms with Gasteiger partial charge in [-0.25, -0.2) is 14.8 Å². The number of nitrogens with two attached hydrogens (primary N) is 1. The molecule has 0 spiro atoms. The van der Waals surface area contributed by atoms with Gasteiger partial charge in [0.2, 0.25) is 11.8 Å². The van der Waals surface area contributed by atoms with Crippen LogP contribution in [0.1, 0.15) is 17.3 Å². The highest BCUT2D eigenvalue weighted by Gasteiger charge is 2.14. The van der Waals surface area contributed by atoms with E-state index in [0.717, 1.165) is 5.56 Å². The fourth-order valence-corrected chi connectivity index (χ4v) is 2.49. The molecule has 0 aliphatic carbocycles. The van der Waals surface area contributed by atoms with Crippen LogP contribution >= 0.6 is 0 Å². The third kappa shape index (κ3) is 3.70. The summed E-state index contributed by atoms with van der Waals surface area (Å²) >= 11 is 0. The van der Waals surface area contributed by atoms with E-state index < -0.39 is 5.97 Å². The number of pyridine rings is 1. The van der Waals surface area contributed by atoms with Crippen molar-refractivity contribution in [1.82, 2.24) is 15.0 Å². The van der Waals surface area contributed by atoms with E-state index in [1.807, 2.05) is 6.92 Å². The number of carboxylic acid groups (broad SMARTS) is 1. The topological polar surface area (TPSA) is 120 Å². The largest absolute Gasteiger partial charge is 0.478 e. The van der Waals surface area contributed by atoms with E-state index in [1.165, 1.54) is 12.1 Å². The number of aromatic carboxylic acids is 1. The second-order valence-electron chi connectivity index (χ2n) is 5.72. The van der Waals surface area contributed by atoms with Crippen LogP contribution in [-0.2, 0) is 4.74 Å². The van der Waals surface area contributed by atoms with Gasteiger partial charge in [-0.1, -0.05) is 12.1 Å². The maximum Gasteiger partial charge on any atom is 0.335 e. The molecule has 0 fully saturated rings. The molecule has 2 aromatic heterocycles. The first-order valence-corrected chi connectivity index (χ1v) is 7.91. The molecule has 0 saturated carbocycles. The van der Waals surface area contributed by atoms with Crippen molar-refractivity contribution in [2.75, 3.05) is 19.5 Å². The molecule has 0 bridgehead atoms. The van der Waals surface area contributed by atoms with Crippen molar-refractivity contribution in [1.29, 1.82) is 0 Å². The van der Waals surface area contributed by atoms with Gasteiger partial charge in [-0.2, -0.15) is 4.98 Å². The average molecular weight is 354 g/mol. The van der Waals surface area contributed by atoms with Crippen LogP contribution in [0, 0.1) is 0 Å². The number of aromatic nitrogens is 3. The molecule has 1 aromatic carbocycles. The number of benzene rings is 1. The summed E-state index contributed by atoms with van der Waals surface area (Å²) in [6.45, 7) is 2.24. The molecule has 134 valence electrons. The van der Waals surface area contributed by atoms with Gasteiger partial charge in [0.25, 0.3) is 0 Å². The molecule has 0 aliphatic heterocycles. The first-order chi connectivity index (χ1) is 12.5. The lowest BCUT2D eigenvalue weighted by Crippen LogP contribution is -2.19. The van der Waals surface area contributed by atoms with Crippen LogP contribution in [0.25, 0.3) is 22.3 Å². The third-order valence-electron chi connectivity index (χ3n) is 3.67. The van der Waals surface area contributed by atoms with Crippen molar-refractivity contribution in [2.24, 2.45) is 0 Å². The van der Waals surface area contributed by atoms with Crippen LogP contribution in [0.3, 0.4) is 0 Å². The standard InChI is InChI=1S/C18H18N4O4/c1-10(9-25-2)26-16-15-14(21-18(19)22-16)8-7-13(20-15)11-3-5-12(6-4-11)17(23)24/h3-8,10H,9H2,1-2H3,(H,23,24)(H2,19,21,22)/t10-/m0/s1. The fraction of sp³-hybridized carbons (Fsp3) is 0.222. The van der Waals surface area contributed by atoms with Crippen molar-refractivity contribution < 1.29 is 19.4 Å². The highest BCUT2D eigenvalue weighted by molar-refractivity contribution is 5.88. The molecule has 8 heteroatoms. The molecule has 0 saturated heterocycles. The van der Waals surface area contributed by atoms with Crippen LogP contribution in [0.2, 0.25) is 0 Å². The summed E-state index contributed by atoms with van der Waals surface area (Å²) < 4.78 is 10.9. The monoisotopic (exact) mass is 354 g/mol. The summed E-state index contributed by atoms with van der Waals surface area (Å²) in [7, 11) is 1.59. The highest BCUT2D eigenvalue weighted by atomic mass is 16.5. The van der Waals surface area contributed by atoms with E-state index in [4.69, 9.17) is 20.3 Å². The van der Waals surface area contributed by atoms with Crippen LogP contribution in [0.15, 0.2) is 36.4 Å². The Morgan fingerprint density at radius 3 is 2.54 bits per heavy atom. The van der Waals surface area contributed by atoms with Crippen LogP contribution < -0.4 is 10.5 Å². The van der Waals surface area contributed by atoms with Crippen molar-refractivity contribution in [3.63, 3.8) is 0 Å². The number of ether oxygens (including phenoxy) is 2. The van der Waals surface area contributed by atoms with E-state index in [2.05, 4.69) is 15.0 Å². The molecule has 2 heterocycles. The maximum absolute atomic E-state index is 11.0. The first kappa shape index (κ1) is 17.6. The number of anilines is 1. The number of fused-ring (bicyclic) bond motifs is 1.